The number of benzene rings is 1. The van der Waals surface area contributed by atoms with Crippen molar-refractivity contribution in [2.24, 2.45) is 0 Å². The van der Waals surface area contributed by atoms with Crippen LogP contribution < -0.4 is 19.7 Å². The van der Waals surface area contributed by atoms with E-state index in [1.807, 2.05) is 23.1 Å². The fourth-order valence-electron chi connectivity index (χ4n) is 4.44. The van der Waals surface area contributed by atoms with Gasteiger partial charge in [-0.2, -0.15) is 0 Å². The lowest BCUT2D eigenvalue weighted by atomic mass is 10.2. The van der Waals surface area contributed by atoms with Gasteiger partial charge in [0.15, 0.2) is 23.1 Å². The zero-order valence-corrected chi connectivity index (χ0v) is 24.2. The van der Waals surface area contributed by atoms with Crippen LogP contribution in [0.4, 0.5) is 25.1 Å². The molecule has 0 bridgehead atoms. The van der Waals surface area contributed by atoms with Crippen molar-refractivity contribution in [2.75, 3.05) is 24.7 Å². The van der Waals surface area contributed by atoms with Gasteiger partial charge in [0.05, 0.1) is 30.9 Å². The van der Waals surface area contributed by atoms with E-state index >= 15 is 0 Å². The number of nitrogens with one attached hydrogen (secondary N) is 1. The Morgan fingerprint density at radius 3 is 2.72 bits per heavy atom. The number of rotatable bonds is 4. The lowest BCUT2D eigenvalue weighted by molar-refractivity contribution is 0.0949. The van der Waals surface area contributed by atoms with E-state index in [1.165, 1.54) is 6.42 Å². The van der Waals surface area contributed by atoms with Gasteiger partial charge in [-0.25, -0.2) is 27.2 Å². The number of amides is 1. The summed E-state index contributed by atoms with van der Waals surface area (Å²) in [5.74, 6) is -0.401. The van der Waals surface area contributed by atoms with Crippen molar-refractivity contribution in [2.45, 2.75) is 43.6 Å². The first-order valence-electron chi connectivity index (χ1n) is 13.5. The number of nitrogens with zero attached hydrogens (tertiary/aromatic N) is 4. The molecule has 0 radical (unpaired) electrons. The van der Waals surface area contributed by atoms with Crippen molar-refractivity contribution in [1.29, 1.82) is 0 Å². The summed E-state index contributed by atoms with van der Waals surface area (Å²) in [5.41, 5.74) is -1.44. The molecule has 2 aliphatic rings. The van der Waals surface area contributed by atoms with Gasteiger partial charge in [-0.05, 0) is 42.5 Å². The molecule has 230 valence electrons. The van der Waals surface area contributed by atoms with Crippen LogP contribution in [0.2, 0.25) is 0 Å². The summed E-state index contributed by atoms with van der Waals surface area (Å²) >= 11 is 0. The van der Waals surface area contributed by atoms with Crippen molar-refractivity contribution in [1.82, 2.24) is 20.3 Å². The van der Waals surface area contributed by atoms with Gasteiger partial charge in [-0.1, -0.05) is 20.3 Å². The first-order valence-corrected chi connectivity index (χ1v) is 15.0. The average Bonchev–Trinajstić information content (AvgIpc) is 3.10. The number of anilines is 2. The van der Waals surface area contributed by atoms with Crippen molar-refractivity contribution < 1.29 is 37.6 Å². The van der Waals surface area contributed by atoms with E-state index in [0.717, 1.165) is 17.5 Å². The zero-order chi connectivity index (χ0) is 29.9. The average molecular weight is 620 g/mol. The molecule has 43 heavy (non-hydrogen) atoms. The molecule has 0 aliphatic carbocycles. The van der Waals surface area contributed by atoms with Crippen LogP contribution in [0, 0.1) is 5.82 Å². The Bertz CT molecular complexity index is 1750. The van der Waals surface area contributed by atoms with Gasteiger partial charge in [0.2, 0.25) is 15.3 Å². The van der Waals surface area contributed by atoms with Crippen LogP contribution in [-0.2, 0) is 16.4 Å². The third-order valence-corrected chi connectivity index (χ3v) is 8.23. The number of hydrogen-bond acceptors (Lipinski definition) is 9. The Balaban J connectivity index is 0.00000102. The summed E-state index contributed by atoms with van der Waals surface area (Å²) in [4.78, 5) is 27.6. The quantitative estimate of drug-likeness (QED) is 0.325. The molecule has 0 fully saturated rings. The molecule has 1 amide bonds. The highest BCUT2D eigenvalue weighted by molar-refractivity contribution is 7.92. The Hall–Kier alpha value is -4.46. The maximum Gasteiger partial charge on any atom is 0.251 e. The van der Waals surface area contributed by atoms with Gasteiger partial charge in [-0.15, -0.1) is 0 Å². The number of alkyl halides is 1. The van der Waals surface area contributed by atoms with Crippen LogP contribution in [-0.4, -0.2) is 54.5 Å². The Labute approximate surface area is 247 Å². The summed E-state index contributed by atoms with van der Waals surface area (Å²) in [7, 11) is -4.51. The summed E-state index contributed by atoms with van der Waals surface area (Å²) in [6.45, 7) is 4.95. The van der Waals surface area contributed by atoms with E-state index in [1.54, 1.807) is 24.5 Å². The first-order chi connectivity index (χ1) is 20.2. The van der Waals surface area contributed by atoms with Crippen molar-refractivity contribution in [3.05, 3.63) is 71.9 Å². The molecular weight excluding hydrogens is 587 g/mol. The second-order valence-electron chi connectivity index (χ2n) is 9.63. The molecule has 0 saturated heterocycles. The van der Waals surface area contributed by atoms with Crippen LogP contribution in [0.5, 0.6) is 11.5 Å². The molecule has 0 spiro atoms. The van der Waals surface area contributed by atoms with E-state index in [0.29, 0.717) is 41.7 Å². The normalized spacial score (nSPS) is 16.6. The molecule has 3 aromatic heterocycles. The lowest BCUT2D eigenvalue weighted by Crippen LogP contribution is -2.30. The number of ether oxygens (including phenoxy) is 2. The van der Waals surface area contributed by atoms with Crippen LogP contribution in [0.15, 0.2) is 59.8 Å². The second kappa shape index (κ2) is 13.2. The van der Waals surface area contributed by atoms with Crippen LogP contribution in [0.25, 0.3) is 10.9 Å². The predicted molar refractivity (Wildman–Crippen MR) is 157 cm³/mol. The third kappa shape index (κ3) is 6.48. The minimum atomic E-state index is -4.51. The van der Waals surface area contributed by atoms with E-state index in [9.17, 15) is 22.0 Å². The molecule has 10 nitrogen and oxygen atoms in total. The first kappa shape index (κ1) is 31.5. The number of carbonyl (C=O) groups excluding carboxylic acids is 1. The standard InChI is InChI=1S/C26H21F2N5O5S.C3H8.FH.H2/c27-18-10-16(11-21-24(18)38-8-5-22(28)39(21,35)36)26(34)31-14-17-12-19-15(13-30-17)3-4-23(32-19)33-7-9-37-20-2-1-6-29-25(20)33;1-3-2;;/h1-4,6,10-13,22H,5,7-9,14H2,(H,31,34);3H2,1-2H3;2*1H/t22-;;;/m1.../s1. The summed E-state index contributed by atoms with van der Waals surface area (Å²) in [6.07, 6.45) is 4.11. The highest BCUT2D eigenvalue weighted by atomic mass is 32.2. The molecule has 1 N–H and O–H groups in total. The molecule has 4 aromatic rings. The Morgan fingerprint density at radius 2 is 1.93 bits per heavy atom. The molecule has 5 heterocycles. The predicted octanol–water partition coefficient (Wildman–Crippen LogP) is 5.29. The molecular formula is C29H32F3N5O5S. The largest absolute Gasteiger partial charge is 0.489 e. The van der Waals surface area contributed by atoms with Crippen LogP contribution >= 0.6 is 0 Å². The highest BCUT2D eigenvalue weighted by Crippen LogP contribution is 2.36. The smallest absolute Gasteiger partial charge is 0.251 e. The molecule has 1 aromatic carbocycles. The van der Waals surface area contributed by atoms with E-state index < -0.39 is 44.1 Å². The van der Waals surface area contributed by atoms with E-state index in [2.05, 4.69) is 29.1 Å². The molecule has 0 saturated carbocycles. The van der Waals surface area contributed by atoms with Gasteiger partial charge in [0, 0.05) is 31.2 Å². The lowest BCUT2D eigenvalue weighted by Gasteiger charge is -2.29. The second-order valence-corrected chi connectivity index (χ2v) is 11.7. The number of carbonyl (C=O) groups is 1. The minimum Gasteiger partial charge on any atom is -0.489 e. The zero-order valence-electron chi connectivity index (χ0n) is 23.4. The number of fused-ring (bicyclic) bond motifs is 3. The molecule has 2 aliphatic heterocycles. The van der Waals surface area contributed by atoms with Crippen LogP contribution in [0.1, 0.15) is 44.2 Å². The molecule has 0 unspecified atom stereocenters. The minimum absolute atomic E-state index is 0. The van der Waals surface area contributed by atoms with E-state index in [4.69, 9.17) is 14.5 Å². The number of sulfone groups is 1. The fourth-order valence-corrected chi connectivity index (χ4v) is 5.83. The molecule has 14 heteroatoms. The highest BCUT2D eigenvalue weighted by Gasteiger charge is 2.35. The maximum atomic E-state index is 14.6. The van der Waals surface area contributed by atoms with Gasteiger partial charge in [0.1, 0.15) is 17.3 Å². The van der Waals surface area contributed by atoms with Crippen LogP contribution in [0.3, 0.4) is 0 Å². The van der Waals surface area contributed by atoms with Gasteiger partial charge in [-0.3, -0.25) is 14.5 Å². The van der Waals surface area contributed by atoms with Crippen molar-refractivity contribution in [3.8, 4) is 11.5 Å². The fraction of sp³-hybridized carbons (Fsp3) is 0.310. The number of aromatic nitrogens is 3. The van der Waals surface area contributed by atoms with Gasteiger partial charge >= 0.3 is 0 Å². The third-order valence-electron chi connectivity index (χ3n) is 6.41. The SMILES string of the molecule is CCC.F.O=C(NCc1cc2nc(N3CCOc4cccnc43)ccc2cn1)c1cc(F)c2c(c1)S(=O)(=O)[C@@H](F)CCO2.[HH]. The van der Waals surface area contributed by atoms with Gasteiger partial charge < -0.3 is 19.7 Å². The summed E-state index contributed by atoms with van der Waals surface area (Å²) in [6, 6.07) is 10.9. The number of hydrogen-bond donors (Lipinski definition) is 1. The summed E-state index contributed by atoms with van der Waals surface area (Å²) in [5, 5.41) is 3.38. The van der Waals surface area contributed by atoms with Crippen molar-refractivity contribution in [3.63, 3.8) is 0 Å². The monoisotopic (exact) mass is 619 g/mol. The number of pyridine rings is 3. The Morgan fingerprint density at radius 1 is 1.14 bits per heavy atom. The summed E-state index contributed by atoms with van der Waals surface area (Å²) < 4.78 is 64.5. The molecule has 1 atom stereocenters. The van der Waals surface area contributed by atoms with E-state index in [-0.39, 0.29) is 24.8 Å². The number of halogens is 3. The Kier molecular flexibility index (Phi) is 9.69. The topological polar surface area (TPSA) is 124 Å². The maximum absolute atomic E-state index is 14.6. The van der Waals surface area contributed by atoms with Gasteiger partial charge in [0.25, 0.3) is 5.91 Å². The van der Waals surface area contributed by atoms with Crippen molar-refractivity contribution >= 4 is 38.3 Å². The molecule has 6 rings (SSSR count).